The van der Waals surface area contributed by atoms with Gasteiger partial charge in [-0.05, 0) is 66.6 Å². The van der Waals surface area contributed by atoms with Gasteiger partial charge in [0.25, 0.3) is 5.91 Å². The monoisotopic (exact) mass is 474 g/mol. The standard InChI is InChI=1S/C25H34N2O5S/c1-18-14-19(2)17-27(16-18)33(29,30)22-9-7-21(8-10-22)25(28)26(3)13-12-20-6-11-23(31-4)24(15-20)32-5/h6-11,15,18-19H,12-14,16-17H2,1-5H3/t18-,19-/m0/s1. The number of carbonyl (C=O) groups is 1. The average molecular weight is 475 g/mol. The van der Waals surface area contributed by atoms with Crippen LogP contribution in [0, 0.1) is 11.8 Å². The molecule has 2 aromatic carbocycles. The van der Waals surface area contributed by atoms with E-state index < -0.39 is 10.0 Å². The number of amides is 1. The van der Waals surface area contributed by atoms with Crippen molar-refractivity contribution in [2.24, 2.45) is 11.8 Å². The lowest BCUT2D eigenvalue weighted by molar-refractivity contribution is 0.0796. The highest BCUT2D eigenvalue weighted by Gasteiger charge is 2.31. The Balaban J connectivity index is 1.65. The zero-order valence-electron chi connectivity index (χ0n) is 20.1. The van der Waals surface area contributed by atoms with Crippen LogP contribution in [0.1, 0.15) is 36.2 Å². The number of methoxy groups -OCH3 is 2. The van der Waals surface area contributed by atoms with E-state index in [1.165, 1.54) is 12.1 Å². The summed E-state index contributed by atoms with van der Waals surface area (Å²) in [7, 11) is 1.36. The number of carbonyl (C=O) groups excluding carboxylic acids is 1. The minimum Gasteiger partial charge on any atom is -0.493 e. The van der Waals surface area contributed by atoms with Gasteiger partial charge >= 0.3 is 0 Å². The first-order chi connectivity index (χ1) is 15.6. The van der Waals surface area contributed by atoms with Gasteiger partial charge in [-0.2, -0.15) is 4.31 Å². The molecule has 0 bridgehead atoms. The third kappa shape index (κ3) is 5.86. The van der Waals surface area contributed by atoms with Crippen LogP contribution in [0.2, 0.25) is 0 Å². The Morgan fingerprint density at radius 3 is 2.18 bits per heavy atom. The number of benzene rings is 2. The van der Waals surface area contributed by atoms with E-state index in [-0.39, 0.29) is 10.8 Å². The molecule has 0 unspecified atom stereocenters. The Labute approximate surface area is 197 Å². The lowest BCUT2D eigenvalue weighted by Gasteiger charge is -2.34. The molecule has 180 valence electrons. The van der Waals surface area contributed by atoms with Gasteiger partial charge in [0.15, 0.2) is 11.5 Å². The predicted molar refractivity (Wildman–Crippen MR) is 128 cm³/mol. The fourth-order valence-electron chi connectivity index (χ4n) is 4.38. The van der Waals surface area contributed by atoms with E-state index >= 15 is 0 Å². The number of piperidine rings is 1. The minimum atomic E-state index is -3.56. The largest absolute Gasteiger partial charge is 0.493 e. The van der Waals surface area contributed by atoms with Crippen molar-refractivity contribution < 1.29 is 22.7 Å². The van der Waals surface area contributed by atoms with Gasteiger partial charge in [-0.15, -0.1) is 0 Å². The lowest BCUT2D eigenvalue weighted by Crippen LogP contribution is -2.42. The third-order valence-corrected chi connectivity index (χ3v) is 7.95. The molecule has 7 nitrogen and oxygen atoms in total. The molecule has 0 aliphatic carbocycles. The van der Waals surface area contributed by atoms with Crippen molar-refractivity contribution in [3.63, 3.8) is 0 Å². The molecule has 1 saturated heterocycles. The third-order valence-electron chi connectivity index (χ3n) is 6.10. The maximum absolute atomic E-state index is 13.1. The number of rotatable bonds is 8. The average Bonchev–Trinajstić information content (AvgIpc) is 2.81. The number of ether oxygens (including phenoxy) is 2. The second-order valence-corrected chi connectivity index (χ2v) is 10.9. The molecule has 8 heteroatoms. The topological polar surface area (TPSA) is 76.2 Å². The van der Waals surface area contributed by atoms with E-state index in [1.54, 1.807) is 42.6 Å². The number of sulfonamides is 1. The van der Waals surface area contributed by atoms with Gasteiger partial charge in [0, 0.05) is 32.2 Å². The highest BCUT2D eigenvalue weighted by molar-refractivity contribution is 7.89. The number of likely N-dealkylation sites (N-methyl/N-ethyl adjacent to an activating group) is 1. The Morgan fingerprint density at radius 1 is 1.00 bits per heavy atom. The van der Waals surface area contributed by atoms with Crippen LogP contribution in [0.25, 0.3) is 0 Å². The zero-order valence-corrected chi connectivity index (χ0v) is 20.9. The summed E-state index contributed by atoms with van der Waals surface area (Å²) in [6, 6.07) is 12.0. The van der Waals surface area contributed by atoms with E-state index in [9.17, 15) is 13.2 Å². The molecule has 0 saturated carbocycles. The van der Waals surface area contributed by atoms with Crippen LogP contribution in [0.5, 0.6) is 11.5 Å². The van der Waals surface area contributed by atoms with Crippen molar-refractivity contribution >= 4 is 15.9 Å². The zero-order chi connectivity index (χ0) is 24.2. The molecule has 0 radical (unpaired) electrons. The minimum absolute atomic E-state index is 0.153. The van der Waals surface area contributed by atoms with Crippen LogP contribution >= 0.6 is 0 Å². The molecule has 0 spiro atoms. The molecule has 33 heavy (non-hydrogen) atoms. The number of hydrogen-bond donors (Lipinski definition) is 0. The quantitative estimate of drug-likeness (QED) is 0.583. The van der Waals surface area contributed by atoms with E-state index in [0.29, 0.717) is 55.0 Å². The van der Waals surface area contributed by atoms with Gasteiger partial charge in [-0.25, -0.2) is 8.42 Å². The summed E-state index contributed by atoms with van der Waals surface area (Å²) in [5.41, 5.74) is 1.49. The first-order valence-electron chi connectivity index (χ1n) is 11.2. The molecule has 1 aliphatic rings. The number of nitrogens with zero attached hydrogens (tertiary/aromatic N) is 2. The Morgan fingerprint density at radius 2 is 1.61 bits per heavy atom. The van der Waals surface area contributed by atoms with Gasteiger partial charge in [0.2, 0.25) is 10.0 Å². The van der Waals surface area contributed by atoms with Gasteiger partial charge in [0.1, 0.15) is 0 Å². The van der Waals surface area contributed by atoms with Crippen LogP contribution in [0.3, 0.4) is 0 Å². The summed E-state index contributed by atoms with van der Waals surface area (Å²) in [6.45, 7) is 5.74. The maximum Gasteiger partial charge on any atom is 0.253 e. The molecule has 1 amide bonds. The predicted octanol–water partition coefficient (Wildman–Crippen LogP) is 3.69. The van der Waals surface area contributed by atoms with Crippen molar-refractivity contribution in [2.75, 3.05) is 40.9 Å². The first-order valence-corrected chi connectivity index (χ1v) is 12.7. The van der Waals surface area contributed by atoms with Crippen LogP contribution in [-0.2, 0) is 16.4 Å². The molecule has 2 aromatic rings. The molecule has 0 N–H and O–H groups in total. The van der Waals surface area contributed by atoms with Crippen LogP contribution in [0.4, 0.5) is 0 Å². The van der Waals surface area contributed by atoms with Gasteiger partial charge in [-0.3, -0.25) is 4.79 Å². The highest BCUT2D eigenvalue weighted by atomic mass is 32.2. The van der Waals surface area contributed by atoms with Crippen molar-refractivity contribution in [1.82, 2.24) is 9.21 Å². The summed E-state index contributed by atoms with van der Waals surface area (Å²) in [5.74, 6) is 1.83. The smallest absolute Gasteiger partial charge is 0.253 e. The Kier molecular flexibility index (Phi) is 8.02. The highest BCUT2D eigenvalue weighted by Crippen LogP contribution is 2.28. The summed E-state index contributed by atoms with van der Waals surface area (Å²) < 4.78 is 38.3. The fourth-order valence-corrected chi connectivity index (χ4v) is 6.06. The van der Waals surface area contributed by atoms with Gasteiger partial charge in [0.05, 0.1) is 19.1 Å². The van der Waals surface area contributed by atoms with E-state index in [0.717, 1.165) is 12.0 Å². The van der Waals surface area contributed by atoms with Gasteiger partial charge < -0.3 is 14.4 Å². The van der Waals surface area contributed by atoms with Crippen LogP contribution in [0.15, 0.2) is 47.4 Å². The van der Waals surface area contributed by atoms with Crippen molar-refractivity contribution in [1.29, 1.82) is 0 Å². The molecule has 1 fully saturated rings. The Hall–Kier alpha value is -2.58. The normalized spacial score (nSPS) is 19.2. The molecule has 2 atom stereocenters. The van der Waals surface area contributed by atoms with E-state index in [4.69, 9.17) is 9.47 Å². The van der Waals surface area contributed by atoms with E-state index in [1.807, 2.05) is 18.2 Å². The molecule has 0 aromatic heterocycles. The van der Waals surface area contributed by atoms with Crippen molar-refractivity contribution in [2.45, 2.75) is 31.6 Å². The van der Waals surface area contributed by atoms with Crippen LogP contribution < -0.4 is 9.47 Å². The van der Waals surface area contributed by atoms with Crippen molar-refractivity contribution in [3.8, 4) is 11.5 Å². The summed E-state index contributed by atoms with van der Waals surface area (Å²) in [6.07, 6.45) is 1.69. The number of hydrogen-bond acceptors (Lipinski definition) is 5. The maximum atomic E-state index is 13.1. The molecule has 3 rings (SSSR count). The van der Waals surface area contributed by atoms with Crippen LogP contribution in [-0.4, -0.2) is 64.4 Å². The molecular weight excluding hydrogens is 440 g/mol. The Bertz CT molecular complexity index is 1060. The fraction of sp³-hybridized carbons (Fsp3) is 0.480. The summed E-state index contributed by atoms with van der Waals surface area (Å²) in [5, 5.41) is 0. The molecule has 1 aliphatic heterocycles. The second kappa shape index (κ2) is 10.6. The van der Waals surface area contributed by atoms with Gasteiger partial charge in [-0.1, -0.05) is 19.9 Å². The molecule has 1 heterocycles. The summed E-state index contributed by atoms with van der Waals surface area (Å²) >= 11 is 0. The lowest BCUT2D eigenvalue weighted by atomic mass is 9.94. The van der Waals surface area contributed by atoms with E-state index in [2.05, 4.69) is 13.8 Å². The molecular formula is C25H34N2O5S. The SMILES string of the molecule is COc1ccc(CCN(C)C(=O)c2ccc(S(=O)(=O)N3C[C@@H](C)C[C@H](C)C3)cc2)cc1OC. The summed E-state index contributed by atoms with van der Waals surface area (Å²) in [4.78, 5) is 14.7. The van der Waals surface area contributed by atoms with Crippen molar-refractivity contribution in [3.05, 3.63) is 53.6 Å². The first kappa shape index (κ1) is 25.1. The second-order valence-electron chi connectivity index (χ2n) is 8.96.